The molecule has 0 unspecified atom stereocenters. The van der Waals surface area contributed by atoms with Gasteiger partial charge in [-0.15, -0.1) is 0 Å². The lowest BCUT2D eigenvalue weighted by molar-refractivity contribution is -0.137. The first-order chi connectivity index (χ1) is 6.27. The van der Waals surface area contributed by atoms with Gasteiger partial charge in [-0.2, -0.15) is 0 Å². The van der Waals surface area contributed by atoms with Gasteiger partial charge in [-0.25, -0.2) is 0 Å². The Morgan fingerprint density at radius 3 is 2.67 bits per heavy atom. The molecule has 0 aliphatic heterocycles. The molecule has 0 spiro atoms. The lowest BCUT2D eigenvalue weighted by atomic mass is 10.1. The maximum Gasteiger partial charge on any atom is 0.303 e. The van der Waals surface area contributed by atoms with Gasteiger partial charge in [0.25, 0.3) is 0 Å². The Kier molecular flexibility index (Phi) is 6.97. The first-order valence-electron chi connectivity index (χ1n) is 4.74. The number of hydrogen-bond donors (Lipinski definition) is 2. The van der Waals surface area contributed by atoms with Crippen LogP contribution in [-0.4, -0.2) is 17.2 Å². The SMILES string of the molecule is [1H]N=PCCCCCCCC(=O)O. The molecule has 4 heteroatoms. The Hall–Kier alpha value is -0.430. The summed E-state index contributed by atoms with van der Waals surface area (Å²) in [5.74, 6) is -0.702. The minimum absolute atomic E-state index is 0.292. The van der Waals surface area contributed by atoms with Crippen molar-refractivity contribution in [2.75, 3.05) is 6.16 Å². The third-order valence-electron chi connectivity index (χ3n) is 1.65. The van der Waals surface area contributed by atoms with Crippen LogP contribution in [0.1, 0.15) is 38.5 Å². The predicted molar refractivity (Wildman–Crippen MR) is 49.8 cm³/mol. The van der Waals surface area contributed by atoms with E-state index in [0.29, 0.717) is 6.42 Å². The fourth-order valence-corrected chi connectivity index (χ4v) is 1.35. The molecule has 0 aliphatic rings. The normalized spacial score (nSPS) is 11.8. The van der Waals surface area contributed by atoms with Gasteiger partial charge < -0.3 is 5.11 Å². The molecular formula is C8H16NO2P. The highest BCUT2D eigenvalue weighted by Gasteiger charge is 1.95. The Bertz CT molecular complexity index is 164. The Balaban J connectivity index is 2.95. The number of nitrogens with one attached hydrogen (secondary N) is 1. The lowest BCUT2D eigenvalue weighted by Crippen LogP contribution is -1.93. The first kappa shape index (κ1) is 9.66. The molecule has 0 aromatic heterocycles. The van der Waals surface area contributed by atoms with Gasteiger partial charge in [0, 0.05) is 12.6 Å². The molecule has 0 aromatic carbocycles. The average molecular weight is 189 g/mol. The molecule has 0 aliphatic carbocycles. The molecule has 0 radical (unpaired) electrons. The van der Waals surface area contributed by atoms with Crippen LogP contribution in [0.25, 0.3) is 0 Å². The molecule has 70 valence electrons. The second-order valence-corrected chi connectivity index (χ2v) is 3.51. The quantitative estimate of drug-likeness (QED) is 0.455. The zero-order valence-electron chi connectivity index (χ0n) is 8.20. The maximum absolute atomic E-state index is 10.1. The van der Waals surface area contributed by atoms with Crippen molar-refractivity contribution < 1.29 is 11.3 Å². The van der Waals surface area contributed by atoms with E-state index >= 15 is 0 Å². The van der Waals surface area contributed by atoms with Crippen molar-refractivity contribution in [2.24, 2.45) is 0 Å². The van der Waals surface area contributed by atoms with E-state index in [4.69, 9.17) is 6.52 Å². The van der Waals surface area contributed by atoms with Gasteiger partial charge in [-0.05, 0) is 21.2 Å². The standard InChI is InChI=1S/C8H16NO2P/c9-12-7-5-3-1-2-4-6-8(10)11/h9H,1-7H2,(H,10,11)/i/hH. The van der Waals surface area contributed by atoms with Gasteiger partial charge in [0.2, 0.25) is 0 Å². The van der Waals surface area contributed by atoms with Crippen LogP contribution in [0.15, 0.2) is 0 Å². The summed E-state index contributed by atoms with van der Waals surface area (Å²) < 4.78 is 6.54. The van der Waals surface area contributed by atoms with Crippen LogP contribution in [0.5, 0.6) is 0 Å². The monoisotopic (exact) mass is 189 g/mol. The van der Waals surface area contributed by atoms with Crippen LogP contribution in [0.3, 0.4) is 0 Å². The highest BCUT2D eigenvalue weighted by molar-refractivity contribution is 7.25. The summed E-state index contributed by atoms with van der Waals surface area (Å²) in [6.07, 6.45) is 6.36. The lowest BCUT2D eigenvalue weighted by Gasteiger charge is -1.96. The molecule has 0 aromatic rings. The van der Waals surface area contributed by atoms with Crippen LogP contribution in [0, 0.1) is 5.15 Å². The number of carboxylic acid groups (broad SMARTS) is 1. The van der Waals surface area contributed by atoms with E-state index in [0.717, 1.165) is 46.6 Å². The number of hydrogen-bond acceptors (Lipinski definition) is 2. The van der Waals surface area contributed by atoms with Gasteiger partial charge >= 0.3 is 5.97 Å². The smallest absolute Gasteiger partial charge is 0.303 e. The molecule has 0 bridgehead atoms. The zero-order valence-corrected chi connectivity index (χ0v) is 8.09. The molecular weight excluding hydrogens is 173 g/mol. The van der Waals surface area contributed by atoms with Crippen molar-refractivity contribution in [1.29, 1.82) is 5.15 Å². The van der Waals surface area contributed by atoms with Gasteiger partial charge in [0.1, 0.15) is 0 Å². The molecule has 0 rings (SSSR count). The minimum Gasteiger partial charge on any atom is -0.481 e. The topological polar surface area (TPSA) is 61.2 Å². The highest BCUT2D eigenvalue weighted by atomic mass is 31.1. The fraction of sp³-hybridized carbons (Fsp3) is 0.875. The molecule has 12 heavy (non-hydrogen) atoms. The third kappa shape index (κ3) is 9.57. The van der Waals surface area contributed by atoms with Crippen molar-refractivity contribution in [3.63, 3.8) is 0 Å². The number of aliphatic carboxylic acids is 1. The number of carbonyl (C=O) groups is 1. The van der Waals surface area contributed by atoms with E-state index in [2.05, 4.69) is 5.15 Å². The van der Waals surface area contributed by atoms with E-state index < -0.39 is 5.97 Å². The van der Waals surface area contributed by atoms with Gasteiger partial charge in [0.15, 0.2) is 1.41 Å². The number of rotatable bonds is 8. The number of carboxylic acids is 1. The molecule has 0 saturated heterocycles. The van der Waals surface area contributed by atoms with Gasteiger partial charge in [0.05, 0.1) is 0 Å². The summed E-state index contributed by atoms with van der Waals surface area (Å²) in [6.45, 7) is 0. The summed E-state index contributed by atoms with van der Waals surface area (Å²) in [5.41, 5.74) is 0. The number of unbranched alkanes of at least 4 members (excludes halogenated alkanes) is 4. The average Bonchev–Trinajstić information content (AvgIpc) is 2.09. The van der Waals surface area contributed by atoms with Crippen molar-refractivity contribution in [2.45, 2.75) is 38.5 Å². The van der Waals surface area contributed by atoms with Gasteiger partial charge in [-0.3, -0.25) is 9.95 Å². The van der Waals surface area contributed by atoms with Crippen molar-refractivity contribution in [1.82, 2.24) is 0 Å². The molecule has 3 nitrogen and oxygen atoms in total. The van der Waals surface area contributed by atoms with Crippen LogP contribution < -0.4 is 0 Å². The Morgan fingerprint density at radius 1 is 1.33 bits per heavy atom. The molecule has 0 amide bonds. The van der Waals surface area contributed by atoms with Crippen LogP contribution >= 0.6 is 8.37 Å². The van der Waals surface area contributed by atoms with E-state index in [1.807, 2.05) is 0 Å². The summed E-state index contributed by atoms with van der Waals surface area (Å²) >= 11 is 0. The largest absolute Gasteiger partial charge is 0.481 e. The molecule has 0 atom stereocenters. The maximum atomic E-state index is 10.1. The second-order valence-electron chi connectivity index (χ2n) is 2.78. The summed E-state index contributed by atoms with van der Waals surface area (Å²) in [7, 11) is 0.847. The fourth-order valence-electron chi connectivity index (χ4n) is 0.989. The zero-order chi connectivity index (χ0) is 9.94. The van der Waals surface area contributed by atoms with E-state index in [1.54, 1.807) is 0 Å². The van der Waals surface area contributed by atoms with E-state index in [-0.39, 0.29) is 0 Å². The highest BCUT2D eigenvalue weighted by Crippen LogP contribution is 2.07. The Labute approximate surface area is 76.3 Å². The first-order valence-corrected chi connectivity index (χ1v) is 5.33. The molecule has 0 saturated carbocycles. The summed E-state index contributed by atoms with van der Waals surface area (Å²) in [6, 6.07) is 0. The molecule has 2 N–H and O–H groups in total. The molecule has 0 heterocycles. The van der Waals surface area contributed by atoms with Crippen LogP contribution in [-0.2, 0) is 4.79 Å². The van der Waals surface area contributed by atoms with Crippen molar-refractivity contribution in [3.8, 4) is 0 Å². The van der Waals surface area contributed by atoms with Crippen molar-refractivity contribution in [3.05, 3.63) is 0 Å². The van der Waals surface area contributed by atoms with Crippen LogP contribution in [0.2, 0.25) is 1.41 Å². The van der Waals surface area contributed by atoms with Crippen molar-refractivity contribution >= 4 is 14.3 Å². The van der Waals surface area contributed by atoms with E-state index in [1.165, 1.54) is 0 Å². The second kappa shape index (κ2) is 8.66. The van der Waals surface area contributed by atoms with Gasteiger partial charge in [-0.1, -0.05) is 19.3 Å². The molecule has 0 fully saturated rings. The summed E-state index contributed by atoms with van der Waals surface area (Å²) in [4.78, 5) is 10.1. The predicted octanol–water partition coefficient (Wildman–Crippen LogP) is 3.12. The Morgan fingerprint density at radius 2 is 2.00 bits per heavy atom. The summed E-state index contributed by atoms with van der Waals surface area (Å²) in [5, 5.41) is 11.6. The third-order valence-corrected chi connectivity index (χ3v) is 2.16. The van der Waals surface area contributed by atoms with E-state index in [9.17, 15) is 4.79 Å². The minimum atomic E-state index is -0.702. The van der Waals surface area contributed by atoms with Crippen LogP contribution in [0.4, 0.5) is 0 Å².